The van der Waals surface area contributed by atoms with Crippen LogP contribution >= 0.6 is 22.9 Å². The van der Waals surface area contributed by atoms with Crippen molar-refractivity contribution in [2.75, 3.05) is 6.54 Å². The van der Waals surface area contributed by atoms with Crippen molar-refractivity contribution in [2.45, 2.75) is 13.0 Å². The number of carbonyl (C=O) groups excluding carboxylic acids is 1. The second kappa shape index (κ2) is 8.00. The molecule has 0 aliphatic carbocycles. The van der Waals surface area contributed by atoms with E-state index in [0.717, 1.165) is 5.56 Å². The number of aryl methyl sites for hydroxylation is 1. The van der Waals surface area contributed by atoms with Crippen molar-refractivity contribution in [1.29, 1.82) is 0 Å². The lowest BCUT2D eigenvalue weighted by atomic mass is 10.1. The molecule has 142 valence electrons. The molecule has 4 aromatic rings. The summed E-state index contributed by atoms with van der Waals surface area (Å²) in [4.78, 5) is 13.0. The molecule has 1 amide bonds. The molecule has 6 nitrogen and oxygen atoms in total. The number of nitrogens with one attached hydrogen (secondary N) is 1. The second-order valence-electron chi connectivity index (χ2n) is 6.21. The summed E-state index contributed by atoms with van der Waals surface area (Å²) in [6.07, 6.45) is 3.61. The number of nitrogens with zero attached hydrogens (tertiary/aromatic N) is 3. The van der Waals surface area contributed by atoms with Crippen LogP contribution in [0.25, 0.3) is 11.3 Å². The van der Waals surface area contributed by atoms with E-state index in [2.05, 4.69) is 21.0 Å². The lowest BCUT2D eigenvalue weighted by Crippen LogP contribution is -2.31. The first-order valence-corrected chi connectivity index (χ1v) is 9.98. The molecule has 3 heterocycles. The largest absolute Gasteiger partial charge is 0.360 e. The number of thiophene rings is 1. The van der Waals surface area contributed by atoms with Crippen molar-refractivity contribution in [3.05, 3.63) is 81.5 Å². The van der Waals surface area contributed by atoms with Gasteiger partial charge in [0, 0.05) is 24.5 Å². The highest BCUT2D eigenvalue weighted by molar-refractivity contribution is 7.08. The van der Waals surface area contributed by atoms with Crippen molar-refractivity contribution in [2.24, 2.45) is 0 Å². The maximum absolute atomic E-state index is 13.0. The summed E-state index contributed by atoms with van der Waals surface area (Å²) in [6, 6.07) is 11.0. The van der Waals surface area contributed by atoms with Crippen LogP contribution in [0.15, 0.2) is 64.1 Å². The van der Waals surface area contributed by atoms with E-state index in [-0.39, 0.29) is 11.9 Å². The smallest absolute Gasteiger partial charge is 0.257 e. The Bertz CT molecular complexity index is 1040. The maximum Gasteiger partial charge on any atom is 0.257 e. The molecule has 0 saturated heterocycles. The summed E-state index contributed by atoms with van der Waals surface area (Å²) < 4.78 is 7.12. The zero-order valence-electron chi connectivity index (χ0n) is 15.0. The van der Waals surface area contributed by atoms with Crippen LogP contribution in [0.5, 0.6) is 0 Å². The fourth-order valence-electron chi connectivity index (χ4n) is 3.05. The number of hydrogen-bond donors (Lipinski definition) is 1. The van der Waals surface area contributed by atoms with Crippen LogP contribution in [0.1, 0.15) is 27.7 Å². The van der Waals surface area contributed by atoms with E-state index in [4.69, 9.17) is 16.1 Å². The summed E-state index contributed by atoms with van der Waals surface area (Å²) in [6.45, 7) is 2.09. The third-order valence-corrected chi connectivity index (χ3v) is 5.48. The molecule has 0 aliphatic rings. The van der Waals surface area contributed by atoms with Crippen molar-refractivity contribution in [1.82, 2.24) is 20.3 Å². The van der Waals surface area contributed by atoms with Crippen molar-refractivity contribution < 1.29 is 9.32 Å². The molecule has 0 aliphatic heterocycles. The van der Waals surface area contributed by atoms with Crippen molar-refractivity contribution in [3.63, 3.8) is 0 Å². The van der Waals surface area contributed by atoms with Gasteiger partial charge in [0.05, 0.1) is 11.1 Å². The Labute approximate surface area is 170 Å². The highest BCUT2D eigenvalue weighted by Crippen LogP contribution is 2.31. The van der Waals surface area contributed by atoms with Crippen LogP contribution in [0.3, 0.4) is 0 Å². The van der Waals surface area contributed by atoms with Gasteiger partial charge in [0.2, 0.25) is 0 Å². The SMILES string of the molecule is Cc1onc(-c2ccccc2Cl)c1C(=O)NC[C@H](c1ccsc1)n1cccn1. The van der Waals surface area contributed by atoms with Gasteiger partial charge in [-0.15, -0.1) is 0 Å². The van der Waals surface area contributed by atoms with E-state index in [1.165, 1.54) is 0 Å². The van der Waals surface area contributed by atoms with Crippen molar-refractivity contribution in [3.8, 4) is 11.3 Å². The Morgan fingerprint density at radius 3 is 2.89 bits per heavy atom. The predicted octanol–water partition coefficient (Wildman–Crippen LogP) is 4.58. The number of rotatable bonds is 6. The molecular weight excluding hydrogens is 396 g/mol. The van der Waals surface area contributed by atoms with Crippen LogP contribution in [0.4, 0.5) is 0 Å². The number of amides is 1. The quantitative estimate of drug-likeness (QED) is 0.503. The van der Waals surface area contributed by atoms with Gasteiger partial charge in [-0.25, -0.2) is 0 Å². The average molecular weight is 413 g/mol. The van der Waals surface area contributed by atoms with Gasteiger partial charge in [0.25, 0.3) is 5.91 Å². The minimum Gasteiger partial charge on any atom is -0.360 e. The van der Waals surface area contributed by atoms with Gasteiger partial charge in [-0.3, -0.25) is 9.48 Å². The average Bonchev–Trinajstić information content (AvgIpc) is 3.44. The van der Waals surface area contributed by atoms with Crippen LogP contribution < -0.4 is 5.32 Å². The third-order valence-electron chi connectivity index (χ3n) is 4.45. The molecule has 0 bridgehead atoms. The first-order valence-electron chi connectivity index (χ1n) is 8.65. The Hall–Kier alpha value is -2.90. The van der Waals surface area contributed by atoms with E-state index >= 15 is 0 Å². The molecule has 0 saturated carbocycles. The maximum atomic E-state index is 13.0. The zero-order valence-corrected chi connectivity index (χ0v) is 16.6. The first-order chi connectivity index (χ1) is 13.6. The molecule has 28 heavy (non-hydrogen) atoms. The van der Waals surface area contributed by atoms with E-state index in [1.54, 1.807) is 30.5 Å². The van der Waals surface area contributed by atoms with E-state index in [1.807, 2.05) is 46.6 Å². The van der Waals surface area contributed by atoms with Gasteiger partial charge < -0.3 is 9.84 Å². The van der Waals surface area contributed by atoms with Gasteiger partial charge >= 0.3 is 0 Å². The molecule has 4 rings (SSSR count). The van der Waals surface area contributed by atoms with E-state index in [0.29, 0.717) is 34.1 Å². The Morgan fingerprint density at radius 2 is 2.18 bits per heavy atom. The Balaban J connectivity index is 1.59. The van der Waals surface area contributed by atoms with Crippen LogP contribution in [-0.2, 0) is 0 Å². The van der Waals surface area contributed by atoms with Crippen molar-refractivity contribution >= 4 is 28.8 Å². The van der Waals surface area contributed by atoms with E-state index < -0.39 is 0 Å². The van der Waals surface area contributed by atoms with Gasteiger partial charge in [0.15, 0.2) is 0 Å². The van der Waals surface area contributed by atoms with Gasteiger partial charge in [0.1, 0.15) is 17.0 Å². The Morgan fingerprint density at radius 1 is 1.32 bits per heavy atom. The molecule has 1 N–H and O–H groups in total. The number of aromatic nitrogens is 3. The van der Waals surface area contributed by atoms with Crippen LogP contribution in [0, 0.1) is 6.92 Å². The molecule has 0 fully saturated rings. The standard InChI is InChI=1S/C20H17ClN4O2S/c1-13-18(19(24-27-13)15-5-2-3-6-16(15)21)20(26)22-11-17(14-7-10-28-12-14)25-9-4-8-23-25/h2-10,12,17H,11H2,1H3,(H,22,26)/t17-/m1/s1. The zero-order chi connectivity index (χ0) is 19.5. The lowest BCUT2D eigenvalue weighted by Gasteiger charge is -2.17. The third kappa shape index (κ3) is 3.58. The summed E-state index contributed by atoms with van der Waals surface area (Å²) in [5.74, 6) is 0.180. The van der Waals surface area contributed by atoms with Gasteiger partial charge in [-0.2, -0.15) is 16.4 Å². The summed E-state index contributed by atoms with van der Waals surface area (Å²) in [5, 5.41) is 16.0. The summed E-state index contributed by atoms with van der Waals surface area (Å²) in [7, 11) is 0. The molecule has 0 radical (unpaired) electrons. The highest BCUT2D eigenvalue weighted by Gasteiger charge is 2.24. The van der Waals surface area contributed by atoms with Gasteiger partial charge in [-0.05, 0) is 41.4 Å². The van der Waals surface area contributed by atoms with Crippen LogP contribution in [-0.4, -0.2) is 27.4 Å². The minimum absolute atomic E-state index is 0.103. The topological polar surface area (TPSA) is 73.0 Å². The monoisotopic (exact) mass is 412 g/mol. The predicted molar refractivity (Wildman–Crippen MR) is 109 cm³/mol. The first kappa shape index (κ1) is 18.5. The highest BCUT2D eigenvalue weighted by atomic mass is 35.5. The number of benzene rings is 1. The summed E-state index contributed by atoms with van der Waals surface area (Å²) in [5.41, 5.74) is 2.57. The molecule has 1 aromatic carbocycles. The lowest BCUT2D eigenvalue weighted by molar-refractivity contribution is 0.0948. The number of hydrogen-bond acceptors (Lipinski definition) is 5. The fraction of sp³-hybridized carbons (Fsp3) is 0.150. The van der Waals surface area contributed by atoms with Gasteiger partial charge in [-0.1, -0.05) is 35.0 Å². The number of halogens is 1. The number of carbonyl (C=O) groups is 1. The van der Waals surface area contributed by atoms with Crippen LogP contribution in [0.2, 0.25) is 5.02 Å². The Kier molecular flexibility index (Phi) is 5.27. The minimum atomic E-state index is -0.263. The molecule has 8 heteroatoms. The second-order valence-corrected chi connectivity index (χ2v) is 7.40. The molecule has 1 atom stereocenters. The molecular formula is C20H17ClN4O2S. The fourth-order valence-corrected chi connectivity index (χ4v) is 3.98. The molecule has 3 aromatic heterocycles. The summed E-state index contributed by atoms with van der Waals surface area (Å²) >= 11 is 7.89. The molecule has 0 spiro atoms. The normalized spacial score (nSPS) is 12.1. The molecule has 0 unspecified atom stereocenters. The van der Waals surface area contributed by atoms with E-state index in [9.17, 15) is 4.79 Å².